The molecule has 0 fully saturated rings. The summed E-state index contributed by atoms with van der Waals surface area (Å²) >= 11 is 0. The quantitative estimate of drug-likeness (QED) is 0.776. The predicted molar refractivity (Wildman–Crippen MR) is 98.3 cm³/mol. The van der Waals surface area contributed by atoms with Crippen molar-refractivity contribution in [2.75, 3.05) is 13.7 Å². The zero-order valence-electron chi connectivity index (χ0n) is 15.6. The molecular weight excluding hydrogens is 348 g/mol. The highest BCUT2D eigenvalue weighted by molar-refractivity contribution is 6.00. The lowest BCUT2D eigenvalue weighted by molar-refractivity contribution is -0.166. The van der Waals surface area contributed by atoms with E-state index < -0.39 is 11.6 Å². The summed E-state index contributed by atoms with van der Waals surface area (Å²) in [4.78, 5) is 30.2. The first-order chi connectivity index (χ1) is 12.9. The molecule has 8 nitrogen and oxygen atoms in total. The number of carbonyl (C=O) groups is 2. The zero-order chi connectivity index (χ0) is 19.4. The Morgan fingerprint density at radius 2 is 2.07 bits per heavy atom. The molecule has 1 N–H and O–H groups in total. The van der Waals surface area contributed by atoms with Gasteiger partial charge in [0.2, 0.25) is 5.60 Å². The van der Waals surface area contributed by atoms with Gasteiger partial charge < -0.3 is 14.9 Å². The Kier molecular flexibility index (Phi) is 5.25. The number of hydrogen-bond donors (Lipinski definition) is 1. The third-order valence-corrected chi connectivity index (χ3v) is 4.44. The molecule has 1 aliphatic heterocycles. The molecule has 1 unspecified atom stereocenters. The van der Waals surface area contributed by atoms with E-state index >= 15 is 0 Å². The number of aryl methyl sites for hydroxylation is 2. The fourth-order valence-corrected chi connectivity index (χ4v) is 3.13. The van der Waals surface area contributed by atoms with E-state index in [2.05, 4.69) is 15.6 Å². The van der Waals surface area contributed by atoms with Gasteiger partial charge in [0, 0.05) is 26.1 Å². The molecule has 8 heteroatoms. The van der Waals surface area contributed by atoms with Gasteiger partial charge >= 0.3 is 5.97 Å². The Hall–Kier alpha value is -3.16. The topological polar surface area (TPSA) is 94.8 Å². The van der Waals surface area contributed by atoms with Gasteiger partial charge in [0.25, 0.3) is 5.91 Å². The van der Waals surface area contributed by atoms with Crippen molar-refractivity contribution < 1.29 is 19.2 Å². The second kappa shape index (κ2) is 7.61. The van der Waals surface area contributed by atoms with Crippen LogP contribution in [0.15, 0.2) is 41.7 Å². The van der Waals surface area contributed by atoms with Crippen LogP contribution in [0.25, 0.3) is 0 Å². The van der Waals surface area contributed by atoms with Crippen LogP contribution in [0.5, 0.6) is 0 Å². The van der Waals surface area contributed by atoms with E-state index in [1.54, 1.807) is 24.9 Å². The summed E-state index contributed by atoms with van der Waals surface area (Å²) in [6.45, 7) is 1.95. The Labute approximate surface area is 157 Å². The molecule has 1 aliphatic rings. The van der Waals surface area contributed by atoms with Crippen molar-refractivity contribution in [3.8, 4) is 0 Å². The van der Waals surface area contributed by atoms with Crippen LogP contribution < -0.4 is 5.32 Å². The van der Waals surface area contributed by atoms with Crippen molar-refractivity contribution in [1.82, 2.24) is 15.1 Å². The second-order valence-corrected chi connectivity index (χ2v) is 6.56. The molecule has 1 aromatic heterocycles. The highest BCUT2D eigenvalue weighted by Crippen LogP contribution is 2.29. The maximum absolute atomic E-state index is 12.4. The molecule has 142 valence electrons. The minimum atomic E-state index is -1.21. The van der Waals surface area contributed by atoms with E-state index in [9.17, 15) is 9.59 Å². The lowest BCUT2D eigenvalue weighted by atomic mass is 9.89. The first-order valence-electron chi connectivity index (χ1n) is 8.58. The summed E-state index contributed by atoms with van der Waals surface area (Å²) in [5, 5.41) is 11.0. The predicted octanol–water partition coefficient (Wildman–Crippen LogP) is 1.39. The van der Waals surface area contributed by atoms with Crippen molar-refractivity contribution >= 4 is 17.6 Å². The molecule has 1 aromatic carbocycles. The Morgan fingerprint density at radius 1 is 1.33 bits per heavy atom. The number of hydrogen-bond acceptors (Lipinski definition) is 6. The maximum Gasteiger partial charge on any atom is 0.353 e. The summed E-state index contributed by atoms with van der Waals surface area (Å²) in [5.41, 5.74) is 1.45. The van der Waals surface area contributed by atoms with Crippen LogP contribution in [0.4, 0.5) is 0 Å². The van der Waals surface area contributed by atoms with E-state index in [-0.39, 0.29) is 18.9 Å². The molecule has 0 spiro atoms. The molecule has 0 saturated carbocycles. The van der Waals surface area contributed by atoms with E-state index in [0.717, 1.165) is 5.56 Å². The third kappa shape index (κ3) is 3.99. The monoisotopic (exact) mass is 370 g/mol. The Bertz CT molecular complexity index is 875. The molecule has 0 radical (unpaired) electrons. The zero-order valence-corrected chi connectivity index (χ0v) is 15.6. The minimum Gasteiger partial charge on any atom is -0.466 e. The number of rotatable bonds is 6. The summed E-state index contributed by atoms with van der Waals surface area (Å²) in [7, 11) is 3.08. The third-order valence-electron chi connectivity index (χ3n) is 4.44. The number of amides is 1. The molecule has 3 rings (SSSR count). The standard InChI is InChI=1S/C19H22N4O4/c1-13-16(12-23(2)21-13)17(24)20-11-15-10-19(27-22-15,18(25)26-3)9-14-7-5-4-6-8-14/h4-8,12H,9-11H2,1-3H3,(H,20,24). The highest BCUT2D eigenvalue weighted by Gasteiger charge is 2.47. The molecule has 1 atom stereocenters. The number of esters is 1. The molecule has 1 amide bonds. The Balaban J connectivity index is 1.66. The summed E-state index contributed by atoms with van der Waals surface area (Å²) in [6, 6.07) is 9.53. The van der Waals surface area contributed by atoms with Crippen molar-refractivity contribution in [3.63, 3.8) is 0 Å². The number of benzene rings is 1. The maximum atomic E-state index is 12.4. The number of nitrogens with one attached hydrogen (secondary N) is 1. The smallest absolute Gasteiger partial charge is 0.353 e. The van der Waals surface area contributed by atoms with Crippen molar-refractivity contribution in [1.29, 1.82) is 0 Å². The van der Waals surface area contributed by atoms with E-state index in [1.807, 2.05) is 30.3 Å². The van der Waals surface area contributed by atoms with Crippen molar-refractivity contribution in [3.05, 3.63) is 53.3 Å². The molecular formula is C19H22N4O4. The lowest BCUT2D eigenvalue weighted by Gasteiger charge is -2.23. The van der Waals surface area contributed by atoms with Crippen LogP contribution >= 0.6 is 0 Å². The summed E-state index contributed by atoms with van der Waals surface area (Å²) in [5.74, 6) is -0.735. The van der Waals surface area contributed by atoms with Gasteiger partial charge in [-0.3, -0.25) is 9.48 Å². The average Bonchev–Trinajstić information content (AvgIpc) is 3.23. The first-order valence-corrected chi connectivity index (χ1v) is 8.58. The van der Waals surface area contributed by atoms with E-state index in [4.69, 9.17) is 9.57 Å². The molecule has 0 saturated heterocycles. The number of carbonyl (C=O) groups excluding carboxylic acids is 2. The second-order valence-electron chi connectivity index (χ2n) is 6.56. The van der Waals surface area contributed by atoms with Crippen LogP contribution in [0, 0.1) is 6.92 Å². The molecule has 0 aliphatic carbocycles. The minimum absolute atomic E-state index is 0.181. The van der Waals surface area contributed by atoms with Crippen LogP contribution in [0.3, 0.4) is 0 Å². The number of oxime groups is 1. The SMILES string of the molecule is COC(=O)C1(Cc2ccccc2)CC(CNC(=O)c2cn(C)nc2C)=NO1. The van der Waals surface area contributed by atoms with E-state index in [0.29, 0.717) is 23.4 Å². The van der Waals surface area contributed by atoms with Crippen LogP contribution in [-0.2, 0) is 27.8 Å². The Morgan fingerprint density at radius 3 is 2.70 bits per heavy atom. The van der Waals surface area contributed by atoms with Crippen LogP contribution in [0.2, 0.25) is 0 Å². The number of aromatic nitrogens is 2. The van der Waals surface area contributed by atoms with Gasteiger partial charge in [-0.1, -0.05) is 35.5 Å². The highest BCUT2D eigenvalue weighted by atomic mass is 16.7. The molecule has 27 heavy (non-hydrogen) atoms. The van der Waals surface area contributed by atoms with Gasteiger partial charge in [0.15, 0.2) is 0 Å². The molecule has 2 heterocycles. The van der Waals surface area contributed by atoms with Gasteiger partial charge in [0.05, 0.1) is 30.6 Å². The van der Waals surface area contributed by atoms with E-state index in [1.165, 1.54) is 7.11 Å². The van der Waals surface area contributed by atoms with Crippen LogP contribution in [0.1, 0.15) is 28.0 Å². The molecule has 0 bridgehead atoms. The van der Waals surface area contributed by atoms with Gasteiger partial charge in [-0.15, -0.1) is 0 Å². The van der Waals surface area contributed by atoms with Gasteiger partial charge in [-0.2, -0.15) is 5.10 Å². The summed E-state index contributed by atoms with van der Waals surface area (Å²) in [6.07, 6.45) is 2.25. The van der Waals surface area contributed by atoms with Crippen LogP contribution in [-0.4, -0.2) is 46.6 Å². The van der Waals surface area contributed by atoms with Gasteiger partial charge in [-0.25, -0.2) is 4.79 Å². The lowest BCUT2D eigenvalue weighted by Crippen LogP contribution is -2.43. The number of methoxy groups -OCH3 is 1. The largest absolute Gasteiger partial charge is 0.466 e. The fourth-order valence-electron chi connectivity index (χ4n) is 3.13. The number of ether oxygens (including phenoxy) is 1. The van der Waals surface area contributed by atoms with Gasteiger partial charge in [0.1, 0.15) is 0 Å². The number of nitrogens with zero attached hydrogens (tertiary/aromatic N) is 3. The molecule has 2 aromatic rings. The average molecular weight is 370 g/mol. The normalized spacial score (nSPS) is 18.6. The first kappa shape index (κ1) is 18.6. The summed E-state index contributed by atoms with van der Waals surface area (Å²) < 4.78 is 6.52. The van der Waals surface area contributed by atoms with Crippen molar-refractivity contribution in [2.45, 2.75) is 25.4 Å². The van der Waals surface area contributed by atoms with Crippen molar-refractivity contribution in [2.24, 2.45) is 12.2 Å². The fraction of sp³-hybridized carbons (Fsp3) is 0.368. The van der Waals surface area contributed by atoms with Gasteiger partial charge in [-0.05, 0) is 12.5 Å².